The molecule has 0 spiro atoms. The molecule has 1 saturated heterocycles. The van der Waals surface area contributed by atoms with E-state index in [4.69, 9.17) is 4.98 Å². The van der Waals surface area contributed by atoms with Crippen LogP contribution in [0.2, 0.25) is 0 Å². The van der Waals surface area contributed by atoms with E-state index in [9.17, 15) is 0 Å². The molecule has 1 aromatic heterocycles. The molecule has 1 N–H and O–H groups in total. The third-order valence-corrected chi connectivity index (χ3v) is 4.14. The lowest BCUT2D eigenvalue weighted by Gasteiger charge is -2.38. The molecule has 0 aromatic carbocycles. The molecule has 2 heterocycles. The summed E-state index contributed by atoms with van der Waals surface area (Å²) in [5.74, 6) is 1.75. The molecule has 0 saturated carbocycles. The van der Waals surface area contributed by atoms with Crippen LogP contribution in [0.4, 0.5) is 5.82 Å². The predicted octanol–water partition coefficient (Wildman–Crippen LogP) is 2.99. The Labute approximate surface area is 123 Å². The Morgan fingerprint density at radius 2 is 2.05 bits per heavy atom. The Morgan fingerprint density at radius 3 is 2.75 bits per heavy atom. The first-order valence-electron chi connectivity index (χ1n) is 7.69. The van der Waals surface area contributed by atoms with E-state index >= 15 is 0 Å². The summed E-state index contributed by atoms with van der Waals surface area (Å²) in [6.45, 7) is 13.0. The average Bonchev–Trinajstić information content (AvgIpc) is 2.39. The largest absolute Gasteiger partial charge is 0.352 e. The van der Waals surface area contributed by atoms with Crippen molar-refractivity contribution in [3.05, 3.63) is 18.1 Å². The molecule has 1 aliphatic heterocycles. The summed E-state index contributed by atoms with van der Waals surface area (Å²) in [5.41, 5.74) is 1.12. The molecule has 1 aliphatic rings. The normalized spacial score (nSPS) is 23.9. The second-order valence-corrected chi connectivity index (χ2v) is 7.03. The van der Waals surface area contributed by atoms with Gasteiger partial charge in [0.15, 0.2) is 0 Å². The molecule has 0 bridgehead atoms. The van der Waals surface area contributed by atoms with E-state index in [0.717, 1.165) is 30.5 Å². The number of nitrogens with one attached hydrogen (secondary N) is 1. The van der Waals surface area contributed by atoms with E-state index in [0.29, 0.717) is 6.04 Å². The summed E-state index contributed by atoms with van der Waals surface area (Å²) in [7, 11) is 0. The number of hydrogen-bond acceptors (Lipinski definition) is 4. The predicted molar refractivity (Wildman–Crippen MR) is 83.8 cm³/mol. The summed E-state index contributed by atoms with van der Waals surface area (Å²) >= 11 is 0. The van der Waals surface area contributed by atoms with E-state index in [-0.39, 0.29) is 5.54 Å². The molecule has 4 heteroatoms. The third-order valence-electron chi connectivity index (χ3n) is 4.14. The van der Waals surface area contributed by atoms with Crippen molar-refractivity contribution in [3.8, 4) is 0 Å². The fraction of sp³-hybridized carbons (Fsp3) is 0.750. The maximum Gasteiger partial charge on any atom is 0.147 e. The Balaban J connectivity index is 2.09. The lowest BCUT2D eigenvalue weighted by molar-refractivity contribution is 0.361. The Hall–Kier alpha value is -1.16. The van der Waals surface area contributed by atoms with Crippen molar-refractivity contribution in [2.45, 2.75) is 65.6 Å². The smallest absolute Gasteiger partial charge is 0.147 e. The highest BCUT2D eigenvalue weighted by Gasteiger charge is 2.25. The minimum absolute atomic E-state index is 0.102. The van der Waals surface area contributed by atoms with Crippen LogP contribution in [0.15, 0.2) is 12.4 Å². The minimum Gasteiger partial charge on any atom is -0.352 e. The fourth-order valence-corrected chi connectivity index (χ4v) is 2.63. The van der Waals surface area contributed by atoms with Gasteiger partial charge in [-0.25, -0.2) is 4.98 Å². The van der Waals surface area contributed by atoms with E-state index in [1.165, 1.54) is 12.8 Å². The lowest BCUT2D eigenvalue weighted by atomic mass is 9.92. The number of piperidine rings is 1. The fourth-order valence-electron chi connectivity index (χ4n) is 2.63. The molecule has 2 atom stereocenters. The molecule has 2 unspecified atom stereocenters. The van der Waals surface area contributed by atoms with Crippen LogP contribution in [0, 0.1) is 5.92 Å². The Kier molecular flexibility index (Phi) is 4.63. The molecule has 0 radical (unpaired) electrons. The highest BCUT2D eigenvalue weighted by atomic mass is 15.2. The van der Waals surface area contributed by atoms with Crippen LogP contribution in [0.25, 0.3) is 0 Å². The van der Waals surface area contributed by atoms with E-state index in [1.807, 2.05) is 12.4 Å². The third kappa shape index (κ3) is 3.92. The molecule has 112 valence electrons. The van der Waals surface area contributed by atoms with E-state index < -0.39 is 0 Å². The van der Waals surface area contributed by atoms with Gasteiger partial charge in [0.2, 0.25) is 0 Å². The van der Waals surface area contributed by atoms with Gasteiger partial charge >= 0.3 is 0 Å². The van der Waals surface area contributed by atoms with Crippen molar-refractivity contribution in [3.63, 3.8) is 0 Å². The summed E-state index contributed by atoms with van der Waals surface area (Å²) in [6.07, 6.45) is 6.32. The van der Waals surface area contributed by atoms with Gasteiger partial charge in [0, 0.05) is 30.9 Å². The zero-order chi connectivity index (χ0) is 14.8. The Morgan fingerprint density at radius 1 is 1.30 bits per heavy atom. The van der Waals surface area contributed by atoms with Gasteiger partial charge in [0.25, 0.3) is 0 Å². The molecular formula is C16H28N4. The van der Waals surface area contributed by atoms with Crippen LogP contribution in [-0.2, 0) is 6.54 Å². The van der Waals surface area contributed by atoms with Crippen LogP contribution in [0.5, 0.6) is 0 Å². The molecule has 0 amide bonds. The first-order valence-corrected chi connectivity index (χ1v) is 7.69. The molecule has 1 fully saturated rings. The highest BCUT2D eigenvalue weighted by molar-refractivity contribution is 5.38. The maximum absolute atomic E-state index is 4.79. The van der Waals surface area contributed by atoms with Gasteiger partial charge in [-0.15, -0.1) is 0 Å². The molecule has 0 aliphatic carbocycles. The molecule has 20 heavy (non-hydrogen) atoms. The number of hydrogen-bond donors (Lipinski definition) is 1. The van der Waals surface area contributed by atoms with Crippen LogP contribution in [-0.4, -0.2) is 28.1 Å². The molecule has 2 rings (SSSR count). The van der Waals surface area contributed by atoms with Crippen molar-refractivity contribution in [2.24, 2.45) is 5.92 Å². The number of rotatable bonds is 3. The average molecular weight is 276 g/mol. The molecule has 1 aromatic rings. The zero-order valence-corrected chi connectivity index (χ0v) is 13.5. The van der Waals surface area contributed by atoms with Crippen LogP contribution >= 0.6 is 0 Å². The van der Waals surface area contributed by atoms with E-state index in [2.05, 4.69) is 49.8 Å². The highest BCUT2D eigenvalue weighted by Crippen LogP contribution is 2.26. The van der Waals surface area contributed by atoms with Crippen LogP contribution in [0.3, 0.4) is 0 Å². The first kappa shape index (κ1) is 15.2. The summed E-state index contributed by atoms with van der Waals surface area (Å²) in [4.78, 5) is 11.6. The molecule has 4 nitrogen and oxygen atoms in total. The van der Waals surface area contributed by atoms with Crippen LogP contribution < -0.4 is 10.2 Å². The summed E-state index contributed by atoms with van der Waals surface area (Å²) in [6, 6.07) is 0.545. The van der Waals surface area contributed by atoms with Gasteiger partial charge in [-0.1, -0.05) is 6.92 Å². The van der Waals surface area contributed by atoms with Gasteiger partial charge in [0.1, 0.15) is 5.82 Å². The topological polar surface area (TPSA) is 41.1 Å². The standard InChI is InChI=1S/C16H28N4/c1-12-7-6-8-20(13(12)2)15-11-17-9-14(19-15)10-18-16(3,4)5/h9,11-13,18H,6-8,10H2,1-5H3. The van der Waals surface area contributed by atoms with Crippen molar-refractivity contribution < 1.29 is 0 Å². The number of anilines is 1. The quantitative estimate of drug-likeness (QED) is 0.921. The van der Waals surface area contributed by atoms with Gasteiger partial charge in [-0.2, -0.15) is 0 Å². The van der Waals surface area contributed by atoms with E-state index in [1.54, 1.807) is 0 Å². The van der Waals surface area contributed by atoms with Crippen molar-refractivity contribution in [2.75, 3.05) is 11.4 Å². The maximum atomic E-state index is 4.79. The minimum atomic E-state index is 0.102. The van der Waals surface area contributed by atoms with Crippen LogP contribution in [0.1, 0.15) is 53.2 Å². The van der Waals surface area contributed by atoms with Gasteiger partial charge < -0.3 is 10.2 Å². The Bertz CT molecular complexity index is 438. The van der Waals surface area contributed by atoms with Crippen molar-refractivity contribution >= 4 is 5.82 Å². The van der Waals surface area contributed by atoms with Gasteiger partial charge in [-0.3, -0.25) is 4.98 Å². The van der Waals surface area contributed by atoms with Gasteiger partial charge in [0.05, 0.1) is 11.9 Å². The second kappa shape index (κ2) is 6.08. The monoisotopic (exact) mass is 276 g/mol. The number of aromatic nitrogens is 2. The van der Waals surface area contributed by atoms with Crippen molar-refractivity contribution in [1.29, 1.82) is 0 Å². The van der Waals surface area contributed by atoms with Crippen molar-refractivity contribution in [1.82, 2.24) is 15.3 Å². The first-order chi connectivity index (χ1) is 9.37. The zero-order valence-electron chi connectivity index (χ0n) is 13.5. The van der Waals surface area contributed by atoms with Gasteiger partial charge in [-0.05, 0) is 46.5 Å². The number of nitrogens with zero attached hydrogens (tertiary/aromatic N) is 3. The summed E-state index contributed by atoms with van der Waals surface area (Å²) < 4.78 is 0. The summed E-state index contributed by atoms with van der Waals surface area (Å²) in [5, 5.41) is 3.47. The SMILES string of the molecule is CC1CCCN(c2cncc(CNC(C)(C)C)n2)C1C. The molecular weight excluding hydrogens is 248 g/mol. The second-order valence-electron chi connectivity index (χ2n) is 7.03. The lowest BCUT2D eigenvalue weighted by Crippen LogP contribution is -2.43.